The molecule has 12 heteroatoms. The summed E-state index contributed by atoms with van der Waals surface area (Å²) in [5.41, 5.74) is 13.0. The van der Waals surface area contributed by atoms with Crippen molar-refractivity contribution >= 4 is 51.2 Å². The topological polar surface area (TPSA) is 109 Å². The molecule has 6 rings (SSSR count). The molecule has 1 atom stereocenters. The first kappa shape index (κ1) is 31.0. The molecule has 2 aromatic carbocycles. The van der Waals surface area contributed by atoms with Crippen LogP contribution in [0.15, 0.2) is 60.9 Å². The Morgan fingerprint density at radius 2 is 1.82 bits per heavy atom. The van der Waals surface area contributed by atoms with Crippen LogP contribution in [0.4, 0.5) is 17.1 Å². The van der Waals surface area contributed by atoms with Crippen molar-refractivity contribution in [2.24, 2.45) is 7.05 Å². The Bertz CT molecular complexity index is 1790. The second kappa shape index (κ2) is 12.4. The lowest BCUT2D eigenvalue weighted by Crippen LogP contribution is -2.52. The lowest BCUT2D eigenvalue weighted by atomic mass is 9.98. The van der Waals surface area contributed by atoms with E-state index in [-0.39, 0.29) is 11.6 Å². The molecule has 2 aliphatic heterocycles. The molecule has 0 amide bonds. The third-order valence-electron chi connectivity index (χ3n) is 8.67. The number of hydrogen-bond donors (Lipinski definition) is 4. The molecule has 0 aliphatic carbocycles. The Balaban J connectivity index is 1.33. The largest absolute Gasteiger partial charge is 0.371 e. The summed E-state index contributed by atoms with van der Waals surface area (Å²) in [6, 6.07) is 11.9. The predicted octanol–water partition coefficient (Wildman–Crippen LogP) is 6.78. The molecule has 0 saturated carbocycles. The number of anilines is 3. The van der Waals surface area contributed by atoms with Crippen molar-refractivity contribution in [2.45, 2.75) is 58.2 Å². The summed E-state index contributed by atoms with van der Waals surface area (Å²) in [7, 11) is 1.98. The summed E-state index contributed by atoms with van der Waals surface area (Å²) >= 11 is 13.2. The quantitative estimate of drug-likeness (QED) is 0.173. The van der Waals surface area contributed by atoms with Gasteiger partial charge in [0.2, 0.25) is 0 Å². The van der Waals surface area contributed by atoms with Gasteiger partial charge in [0.15, 0.2) is 0 Å². The van der Waals surface area contributed by atoms with Gasteiger partial charge in [0.1, 0.15) is 12.1 Å². The molecule has 1 fully saturated rings. The van der Waals surface area contributed by atoms with E-state index in [9.17, 15) is 5.26 Å². The number of hydrogen-bond acceptors (Lipinski definition) is 9. The van der Waals surface area contributed by atoms with E-state index in [4.69, 9.17) is 23.2 Å². The molecule has 0 bridgehead atoms. The van der Waals surface area contributed by atoms with Crippen LogP contribution in [-0.4, -0.2) is 49.1 Å². The molecular weight excluding hydrogens is 607 g/mol. The molecule has 45 heavy (non-hydrogen) atoms. The Morgan fingerprint density at radius 1 is 1.07 bits per heavy atom. The molecule has 234 valence electrons. The van der Waals surface area contributed by atoms with Gasteiger partial charge in [-0.3, -0.25) is 14.9 Å². The average Bonchev–Trinajstić information content (AvgIpc) is 3.67. The van der Waals surface area contributed by atoms with E-state index < -0.39 is 0 Å². The van der Waals surface area contributed by atoms with Gasteiger partial charge in [0.25, 0.3) is 0 Å². The van der Waals surface area contributed by atoms with Gasteiger partial charge in [0, 0.05) is 65.9 Å². The number of rotatable bonds is 7. The van der Waals surface area contributed by atoms with E-state index in [2.05, 4.69) is 74.5 Å². The summed E-state index contributed by atoms with van der Waals surface area (Å²) < 4.78 is 2.00. The number of benzene rings is 2. The monoisotopic (exact) mass is 644 g/mol. The van der Waals surface area contributed by atoms with Gasteiger partial charge in [-0.1, -0.05) is 29.3 Å². The molecule has 0 spiro atoms. The summed E-state index contributed by atoms with van der Waals surface area (Å²) in [6.07, 6.45) is 9.46. The normalized spacial score (nSPS) is 16.8. The Hall–Kier alpha value is -4.01. The van der Waals surface area contributed by atoms with Crippen molar-refractivity contribution in [3.63, 3.8) is 0 Å². The Kier molecular flexibility index (Phi) is 8.55. The zero-order chi connectivity index (χ0) is 31.9. The number of nitrogens with one attached hydrogen (secondary N) is 4. The number of piperidine rings is 1. The van der Waals surface area contributed by atoms with Gasteiger partial charge in [0.05, 0.1) is 45.7 Å². The first-order valence-corrected chi connectivity index (χ1v) is 15.8. The maximum absolute atomic E-state index is 9.98. The van der Waals surface area contributed by atoms with Crippen molar-refractivity contribution in [3.8, 4) is 6.07 Å². The van der Waals surface area contributed by atoms with Gasteiger partial charge in [-0.15, -0.1) is 5.53 Å². The number of aromatic nitrogens is 3. The molecule has 0 unspecified atom stereocenters. The third kappa shape index (κ3) is 6.40. The number of imidazole rings is 1. The highest BCUT2D eigenvalue weighted by Gasteiger charge is 2.32. The lowest BCUT2D eigenvalue weighted by molar-refractivity contribution is 0.0570. The highest BCUT2D eigenvalue weighted by Crippen LogP contribution is 2.37. The second-order valence-corrected chi connectivity index (χ2v) is 13.5. The second-order valence-electron chi connectivity index (χ2n) is 12.7. The number of nitrogens with zero attached hydrogens (tertiary/aromatic N) is 6. The van der Waals surface area contributed by atoms with Crippen LogP contribution in [0.2, 0.25) is 10.0 Å². The van der Waals surface area contributed by atoms with Crippen LogP contribution in [-0.2, 0) is 7.05 Å². The Morgan fingerprint density at radius 3 is 2.49 bits per heavy atom. The van der Waals surface area contributed by atoms with Crippen LogP contribution in [0.1, 0.15) is 56.5 Å². The fourth-order valence-corrected chi connectivity index (χ4v) is 6.45. The van der Waals surface area contributed by atoms with E-state index >= 15 is 0 Å². The molecule has 2 aromatic heterocycles. The SMILES string of the molecule is Cc1ccc(Nc2c(C#N)cnc3c(Cl)cc(N[C@H](C4=CN(C5CCN(C(C)(C)C)CC5)NN4)c4cncn4C)cc23)cc1Cl. The number of aryl methyl sites for hydroxylation is 2. The van der Waals surface area contributed by atoms with Crippen LogP contribution >= 0.6 is 23.2 Å². The van der Waals surface area contributed by atoms with E-state index in [0.717, 1.165) is 54.3 Å². The number of halogens is 2. The van der Waals surface area contributed by atoms with Crippen molar-refractivity contribution in [2.75, 3.05) is 23.7 Å². The maximum atomic E-state index is 9.98. The molecule has 1 saturated heterocycles. The van der Waals surface area contributed by atoms with Gasteiger partial charge in [-0.2, -0.15) is 5.26 Å². The molecule has 4 aromatic rings. The van der Waals surface area contributed by atoms with Crippen LogP contribution in [0.5, 0.6) is 0 Å². The molecule has 4 heterocycles. The minimum absolute atomic E-state index is 0.171. The summed E-state index contributed by atoms with van der Waals surface area (Å²) in [5.74, 6) is 0. The molecule has 2 aliphatic rings. The van der Waals surface area contributed by atoms with Gasteiger partial charge in [-0.05, 0) is 70.4 Å². The first-order valence-electron chi connectivity index (χ1n) is 15.1. The van der Waals surface area contributed by atoms with Crippen molar-refractivity contribution in [1.82, 2.24) is 35.4 Å². The molecular formula is C33H38Cl2N10. The zero-order valence-corrected chi connectivity index (χ0v) is 27.6. The smallest absolute Gasteiger partial charge is 0.111 e. The standard InChI is InChI=1S/C33H38Cl2N10/c1-20-6-7-22(13-26(20)34)39-30-21(15-36)16-38-31-25(30)12-23(14-27(31)35)40-32(29-17-37-19-43(29)5)28-18-45(42-41-28)24-8-10-44(11-9-24)33(2,3)4/h6-7,12-14,16-19,24,32,40-42H,8-11H2,1-5H3,(H,38,39)/t32-/m1/s1. The highest BCUT2D eigenvalue weighted by molar-refractivity contribution is 6.36. The zero-order valence-electron chi connectivity index (χ0n) is 26.1. The minimum atomic E-state index is -0.280. The van der Waals surface area contributed by atoms with Crippen LogP contribution in [0.3, 0.4) is 0 Å². The number of fused-ring (bicyclic) bond motifs is 1. The fraction of sp³-hybridized carbons (Fsp3) is 0.364. The summed E-state index contributed by atoms with van der Waals surface area (Å²) in [4.78, 5) is 11.5. The van der Waals surface area contributed by atoms with Crippen LogP contribution in [0, 0.1) is 18.3 Å². The molecule has 0 radical (unpaired) electrons. The van der Waals surface area contributed by atoms with E-state index in [1.54, 1.807) is 6.33 Å². The average molecular weight is 646 g/mol. The number of nitriles is 1. The third-order valence-corrected chi connectivity index (χ3v) is 9.37. The predicted molar refractivity (Wildman–Crippen MR) is 181 cm³/mol. The number of hydrazine groups is 2. The highest BCUT2D eigenvalue weighted by atomic mass is 35.5. The van der Waals surface area contributed by atoms with Crippen LogP contribution < -0.4 is 21.6 Å². The number of likely N-dealkylation sites (tertiary alicyclic amines) is 1. The van der Waals surface area contributed by atoms with Crippen molar-refractivity contribution in [1.29, 1.82) is 5.26 Å². The minimum Gasteiger partial charge on any atom is -0.371 e. The summed E-state index contributed by atoms with van der Waals surface area (Å²) in [6.45, 7) is 10.9. The number of pyridine rings is 1. The van der Waals surface area contributed by atoms with E-state index in [1.807, 2.05) is 55.1 Å². The van der Waals surface area contributed by atoms with Crippen molar-refractivity contribution in [3.05, 3.63) is 87.8 Å². The molecule has 10 nitrogen and oxygen atoms in total. The summed E-state index contributed by atoms with van der Waals surface area (Å²) in [5, 5.41) is 21.1. The van der Waals surface area contributed by atoms with Crippen LogP contribution in [0.25, 0.3) is 10.9 Å². The van der Waals surface area contributed by atoms with Gasteiger partial charge >= 0.3 is 0 Å². The first-order chi connectivity index (χ1) is 21.5. The lowest BCUT2D eigenvalue weighted by Gasteiger charge is -2.42. The van der Waals surface area contributed by atoms with Gasteiger partial charge < -0.3 is 20.6 Å². The Labute approximate surface area is 274 Å². The van der Waals surface area contributed by atoms with E-state index in [0.29, 0.717) is 38.2 Å². The fourth-order valence-electron chi connectivity index (χ4n) is 6.00. The maximum Gasteiger partial charge on any atom is 0.111 e. The molecule has 4 N–H and O–H groups in total. The van der Waals surface area contributed by atoms with Gasteiger partial charge in [-0.25, -0.2) is 4.98 Å². The van der Waals surface area contributed by atoms with E-state index in [1.165, 1.54) is 6.20 Å². The van der Waals surface area contributed by atoms with Crippen molar-refractivity contribution < 1.29 is 0 Å².